The van der Waals surface area contributed by atoms with Crippen molar-refractivity contribution in [2.24, 2.45) is 5.92 Å². The quantitative estimate of drug-likeness (QED) is 0.679. The predicted octanol–water partition coefficient (Wildman–Crippen LogP) is 2.52. The summed E-state index contributed by atoms with van der Waals surface area (Å²) in [5.74, 6) is 2.20. The van der Waals surface area contributed by atoms with Crippen LogP contribution in [0.1, 0.15) is 32.6 Å². The lowest BCUT2D eigenvalue weighted by Crippen LogP contribution is -2.34. The third-order valence-electron chi connectivity index (χ3n) is 2.68. The van der Waals surface area contributed by atoms with Crippen LogP contribution in [0.2, 0.25) is 0 Å². The SMILES string of the molecule is CSCCNC1CCCC(C)C1. The van der Waals surface area contributed by atoms with Gasteiger partial charge >= 0.3 is 0 Å². The van der Waals surface area contributed by atoms with Crippen LogP contribution in [0.4, 0.5) is 0 Å². The maximum atomic E-state index is 3.63. The molecule has 1 saturated carbocycles. The molecule has 1 rings (SSSR count). The Morgan fingerprint density at radius 1 is 1.42 bits per heavy atom. The van der Waals surface area contributed by atoms with Crippen molar-refractivity contribution in [3.05, 3.63) is 0 Å². The smallest absolute Gasteiger partial charge is 0.00699 e. The van der Waals surface area contributed by atoms with Crippen LogP contribution in [0.15, 0.2) is 0 Å². The lowest BCUT2D eigenvalue weighted by atomic mass is 9.87. The second-order valence-electron chi connectivity index (χ2n) is 3.92. The average Bonchev–Trinajstić information content (AvgIpc) is 2.05. The lowest BCUT2D eigenvalue weighted by Gasteiger charge is -2.27. The van der Waals surface area contributed by atoms with Crippen LogP contribution in [-0.4, -0.2) is 24.6 Å². The van der Waals surface area contributed by atoms with E-state index in [2.05, 4.69) is 18.5 Å². The molecule has 1 fully saturated rings. The summed E-state index contributed by atoms with van der Waals surface area (Å²) in [6.45, 7) is 3.57. The number of hydrogen-bond donors (Lipinski definition) is 1. The Kier molecular flexibility index (Phi) is 5.08. The first kappa shape index (κ1) is 10.4. The van der Waals surface area contributed by atoms with E-state index in [-0.39, 0.29) is 0 Å². The first-order valence-corrected chi connectivity index (χ1v) is 6.44. The summed E-state index contributed by atoms with van der Waals surface area (Å²) >= 11 is 1.93. The van der Waals surface area contributed by atoms with Gasteiger partial charge in [0.1, 0.15) is 0 Å². The van der Waals surface area contributed by atoms with E-state index in [1.54, 1.807) is 0 Å². The third-order valence-corrected chi connectivity index (χ3v) is 3.29. The maximum absolute atomic E-state index is 3.63. The van der Waals surface area contributed by atoms with Crippen molar-refractivity contribution >= 4 is 11.8 Å². The first-order chi connectivity index (χ1) is 5.83. The van der Waals surface area contributed by atoms with Gasteiger partial charge in [0.25, 0.3) is 0 Å². The molecule has 0 aromatic rings. The van der Waals surface area contributed by atoms with Crippen LogP contribution in [-0.2, 0) is 0 Å². The molecule has 0 heterocycles. The number of thioether (sulfide) groups is 1. The molecule has 2 heteroatoms. The molecule has 12 heavy (non-hydrogen) atoms. The zero-order chi connectivity index (χ0) is 8.81. The van der Waals surface area contributed by atoms with Gasteiger partial charge in [-0.1, -0.05) is 19.8 Å². The summed E-state index contributed by atoms with van der Waals surface area (Å²) in [4.78, 5) is 0. The largest absolute Gasteiger partial charge is 0.313 e. The second-order valence-corrected chi connectivity index (χ2v) is 4.90. The van der Waals surface area contributed by atoms with Gasteiger partial charge in [-0.15, -0.1) is 0 Å². The Hall–Kier alpha value is 0.310. The molecule has 0 aromatic heterocycles. The molecule has 1 N–H and O–H groups in total. The molecule has 1 nitrogen and oxygen atoms in total. The van der Waals surface area contributed by atoms with E-state index in [1.165, 1.54) is 38.0 Å². The van der Waals surface area contributed by atoms with Crippen LogP contribution < -0.4 is 5.32 Å². The molecule has 0 spiro atoms. The minimum atomic E-state index is 0.820. The summed E-state index contributed by atoms with van der Waals surface area (Å²) in [5.41, 5.74) is 0. The topological polar surface area (TPSA) is 12.0 Å². The van der Waals surface area contributed by atoms with Crippen LogP contribution in [0, 0.1) is 5.92 Å². The molecule has 72 valence electrons. The normalized spacial score (nSPS) is 30.5. The molecule has 2 atom stereocenters. The molecule has 2 unspecified atom stereocenters. The van der Waals surface area contributed by atoms with Gasteiger partial charge in [-0.3, -0.25) is 0 Å². The lowest BCUT2D eigenvalue weighted by molar-refractivity contribution is 0.306. The standard InChI is InChI=1S/C10H21NS/c1-9-4-3-5-10(8-9)11-6-7-12-2/h9-11H,3-8H2,1-2H3. The molecule has 0 aromatic carbocycles. The third kappa shape index (κ3) is 3.81. The van der Waals surface area contributed by atoms with Gasteiger partial charge in [-0.25, -0.2) is 0 Å². The van der Waals surface area contributed by atoms with E-state index < -0.39 is 0 Å². The van der Waals surface area contributed by atoms with E-state index in [4.69, 9.17) is 0 Å². The van der Waals surface area contributed by atoms with Crippen molar-refractivity contribution in [2.45, 2.75) is 38.6 Å². The van der Waals surface area contributed by atoms with E-state index in [0.29, 0.717) is 0 Å². The van der Waals surface area contributed by atoms with Crippen LogP contribution >= 0.6 is 11.8 Å². The summed E-state index contributed by atoms with van der Waals surface area (Å²) in [5, 5.41) is 3.63. The highest BCUT2D eigenvalue weighted by Crippen LogP contribution is 2.23. The molecule has 0 saturated heterocycles. The van der Waals surface area contributed by atoms with Crippen molar-refractivity contribution in [1.82, 2.24) is 5.32 Å². The maximum Gasteiger partial charge on any atom is 0.00699 e. The van der Waals surface area contributed by atoms with Crippen molar-refractivity contribution in [1.29, 1.82) is 0 Å². The molecule has 0 aliphatic heterocycles. The first-order valence-electron chi connectivity index (χ1n) is 5.05. The fourth-order valence-corrected chi connectivity index (χ4v) is 2.31. The molecule has 0 radical (unpaired) electrons. The van der Waals surface area contributed by atoms with E-state index >= 15 is 0 Å². The summed E-state index contributed by atoms with van der Waals surface area (Å²) in [6.07, 6.45) is 7.84. The molecular weight excluding hydrogens is 166 g/mol. The fraction of sp³-hybridized carbons (Fsp3) is 1.00. The van der Waals surface area contributed by atoms with E-state index in [9.17, 15) is 0 Å². The number of nitrogens with one attached hydrogen (secondary N) is 1. The highest BCUT2D eigenvalue weighted by atomic mass is 32.2. The molecule has 1 aliphatic carbocycles. The van der Waals surface area contributed by atoms with Crippen molar-refractivity contribution < 1.29 is 0 Å². The van der Waals surface area contributed by atoms with E-state index in [1.807, 2.05) is 11.8 Å². The van der Waals surface area contributed by atoms with Crippen LogP contribution in [0.3, 0.4) is 0 Å². The Bertz CT molecular complexity index is 116. The highest BCUT2D eigenvalue weighted by molar-refractivity contribution is 7.98. The zero-order valence-electron chi connectivity index (χ0n) is 8.31. The Morgan fingerprint density at radius 2 is 2.25 bits per heavy atom. The predicted molar refractivity (Wildman–Crippen MR) is 57.8 cm³/mol. The van der Waals surface area contributed by atoms with Gasteiger partial charge in [-0.05, 0) is 25.0 Å². The highest BCUT2D eigenvalue weighted by Gasteiger charge is 2.17. The Labute approximate surface area is 80.7 Å². The number of rotatable bonds is 4. The van der Waals surface area contributed by atoms with Crippen molar-refractivity contribution in [3.8, 4) is 0 Å². The average molecular weight is 187 g/mol. The Morgan fingerprint density at radius 3 is 2.92 bits per heavy atom. The number of hydrogen-bond acceptors (Lipinski definition) is 2. The van der Waals surface area contributed by atoms with Gasteiger partial charge < -0.3 is 5.32 Å². The van der Waals surface area contributed by atoms with Gasteiger partial charge in [0.05, 0.1) is 0 Å². The van der Waals surface area contributed by atoms with Gasteiger partial charge in [-0.2, -0.15) is 11.8 Å². The fourth-order valence-electron chi connectivity index (χ4n) is 1.98. The zero-order valence-corrected chi connectivity index (χ0v) is 9.12. The molecule has 1 aliphatic rings. The van der Waals surface area contributed by atoms with Gasteiger partial charge in [0.2, 0.25) is 0 Å². The van der Waals surface area contributed by atoms with E-state index in [0.717, 1.165) is 12.0 Å². The summed E-state index contributed by atoms with van der Waals surface area (Å²) < 4.78 is 0. The van der Waals surface area contributed by atoms with Gasteiger partial charge in [0.15, 0.2) is 0 Å². The second kappa shape index (κ2) is 5.87. The van der Waals surface area contributed by atoms with Crippen molar-refractivity contribution in [3.63, 3.8) is 0 Å². The molecular formula is C10H21NS. The minimum absolute atomic E-state index is 0.820. The summed E-state index contributed by atoms with van der Waals surface area (Å²) in [7, 11) is 0. The summed E-state index contributed by atoms with van der Waals surface area (Å²) in [6, 6.07) is 0.820. The molecule has 0 amide bonds. The molecule has 0 bridgehead atoms. The minimum Gasteiger partial charge on any atom is -0.313 e. The van der Waals surface area contributed by atoms with Crippen LogP contribution in [0.25, 0.3) is 0 Å². The Balaban J connectivity index is 2.06. The van der Waals surface area contributed by atoms with Crippen LogP contribution in [0.5, 0.6) is 0 Å². The monoisotopic (exact) mass is 187 g/mol. The van der Waals surface area contributed by atoms with Crippen molar-refractivity contribution in [2.75, 3.05) is 18.6 Å². The van der Waals surface area contributed by atoms with Gasteiger partial charge in [0, 0.05) is 18.3 Å².